The van der Waals surface area contributed by atoms with Crippen molar-refractivity contribution >= 4 is 40.5 Å². The van der Waals surface area contributed by atoms with Gasteiger partial charge in [0.15, 0.2) is 5.82 Å². The number of imide groups is 1. The minimum atomic E-state index is -0.829. The van der Waals surface area contributed by atoms with Gasteiger partial charge in [-0.3, -0.25) is 14.9 Å². The second-order valence-corrected chi connectivity index (χ2v) is 4.87. The minimum Gasteiger partial charge on any atom is -0.397 e. The van der Waals surface area contributed by atoms with Crippen molar-refractivity contribution in [3.05, 3.63) is 16.9 Å². The highest BCUT2D eigenvalue weighted by atomic mass is 35.5. The fraction of sp³-hybridized carbons (Fsp3) is 0.333. The topological polar surface area (TPSA) is 101 Å². The smallest absolute Gasteiger partial charge is 0.249 e. The number of amides is 2. The molecule has 1 aliphatic rings. The summed E-state index contributed by atoms with van der Waals surface area (Å²) in [5.74, 6) is -1.84. The van der Waals surface area contributed by atoms with Crippen molar-refractivity contribution in [2.45, 2.75) is 19.4 Å². The number of benzene rings is 1. The molecule has 2 amide bonds. The van der Waals surface area contributed by atoms with Crippen molar-refractivity contribution in [2.75, 3.05) is 22.9 Å². The lowest BCUT2D eigenvalue weighted by Crippen LogP contribution is -2.58. The number of anilines is 3. The van der Waals surface area contributed by atoms with E-state index in [9.17, 15) is 14.0 Å². The lowest BCUT2D eigenvalue weighted by Gasteiger charge is -2.36. The summed E-state index contributed by atoms with van der Waals surface area (Å²) in [5, 5.41) is 1.93. The molecule has 1 aromatic rings. The predicted octanol–water partition coefficient (Wildman–Crippen LogP) is 0.885. The zero-order valence-corrected chi connectivity index (χ0v) is 11.5. The number of hydrogen-bond acceptors (Lipinski definition) is 5. The van der Waals surface area contributed by atoms with Gasteiger partial charge >= 0.3 is 0 Å². The van der Waals surface area contributed by atoms with Crippen LogP contribution < -0.4 is 21.7 Å². The van der Waals surface area contributed by atoms with Crippen molar-refractivity contribution in [2.24, 2.45) is 0 Å². The molecule has 8 heteroatoms. The molecule has 2 rings (SSSR count). The highest BCUT2D eigenvalue weighted by Crippen LogP contribution is 2.37. The van der Waals surface area contributed by atoms with E-state index in [4.69, 9.17) is 23.1 Å². The van der Waals surface area contributed by atoms with Crippen LogP contribution in [0.15, 0.2) is 6.07 Å². The summed E-state index contributed by atoms with van der Waals surface area (Å²) >= 11 is 5.77. The Labute approximate surface area is 119 Å². The highest BCUT2D eigenvalue weighted by molar-refractivity contribution is 6.33. The number of carbonyl (C=O) groups is 2. The largest absolute Gasteiger partial charge is 0.397 e. The van der Waals surface area contributed by atoms with Crippen molar-refractivity contribution in [3.63, 3.8) is 0 Å². The van der Waals surface area contributed by atoms with Crippen LogP contribution in [0.4, 0.5) is 21.5 Å². The van der Waals surface area contributed by atoms with Crippen LogP contribution in [0.3, 0.4) is 0 Å². The van der Waals surface area contributed by atoms with Gasteiger partial charge in [-0.05, 0) is 12.5 Å². The number of nitrogen functional groups attached to an aromatic ring is 2. The maximum absolute atomic E-state index is 14.3. The van der Waals surface area contributed by atoms with E-state index < -0.39 is 23.7 Å². The van der Waals surface area contributed by atoms with E-state index in [0.29, 0.717) is 6.42 Å². The van der Waals surface area contributed by atoms with Crippen LogP contribution in [0.5, 0.6) is 0 Å². The average molecular weight is 301 g/mol. The summed E-state index contributed by atoms with van der Waals surface area (Å²) in [6.07, 6.45) is 0.389. The Bertz CT molecular complexity index is 593. The Kier molecular flexibility index (Phi) is 3.71. The SMILES string of the molecule is CCC1C(=O)NC(=O)CN1c1c(N)cc(N)c(Cl)c1F. The van der Waals surface area contributed by atoms with Gasteiger partial charge in [-0.2, -0.15) is 0 Å². The molecule has 0 bridgehead atoms. The average Bonchev–Trinajstić information content (AvgIpc) is 2.35. The summed E-state index contributed by atoms with van der Waals surface area (Å²) in [6, 6.07) is 0.619. The minimum absolute atomic E-state index is 0.00579. The molecular weight excluding hydrogens is 287 g/mol. The maximum atomic E-state index is 14.3. The molecule has 0 aliphatic carbocycles. The lowest BCUT2D eigenvalue weighted by molar-refractivity contribution is -0.132. The van der Waals surface area contributed by atoms with Gasteiger partial charge in [0.1, 0.15) is 11.1 Å². The van der Waals surface area contributed by atoms with Gasteiger partial charge < -0.3 is 16.4 Å². The Hall–Kier alpha value is -2.02. The van der Waals surface area contributed by atoms with E-state index in [2.05, 4.69) is 5.32 Å². The normalized spacial score (nSPS) is 19.1. The van der Waals surface area contributed by atoms with Crippen LogP contribution in [0, 0.1) is 5.82 Å². The van der Waals surface area contributed by atoms with E-state index in [1.807, 2.05) is 0 Å². The van der Waals surface area contributed by atoms with Gasteiger partial charge in [0.05, 0.1) is 23.6 Å². The highest BCUT2D eigenvalue weighted by Gasteiger charge is 2.35. The first-order chi connectivity index (χ1) is 9.36. The molecule has 0 radical (unpaired) electrons. The number of piperazine rings is 1. The quantitative estimate of drug-likeness (QED) is 0.556. The van der Waals surface area contributed by atoms with Gasteiger partial charge in [0.2, 0.25) is 11.8 Å². The van der Waals surface area contributed by atoms with Gasteiger partial charge in [-0.1, -0.05) is 18.5 Å². The van der Waals surface area contributed by atoms with Crippen LogP contribution in [-0.2, 0) is 9.59 Å². The van der Waals surface area contributed by atoms with E-state index in [1.54, 1.807) is 6.92 Å². The second-order valence-electron chi connectivity index (χ2n) is 4.50. The number of hydrogen-bond donors (Lipinski definition) is 3. The van der Waals surface area contributed by atoms with E-state index in [0.717, 1.165) is 0 Å². The first-order valence-corrected chi connectivity index (χ1v) is 6.37. The molecule has 1 aliphatic heterocycles. The third-order valence-corrected chi connectivity index (χ3v) is 3.55. The molecule has 0 spiro atoms. The van der Waals surface area contributed by atoms with Crippen molar-refractivity contribution in [1.29, 1.82) is 0 Å². The molecule has 0 aromatic heterocycles. The van der Waals surface area contributed by atoms with Crippen LogP contribution in [0.2, 0.25) is 5.02 Å². The van der Waals surface area contributed by atoms with Crippen LogP contribution >= 0.6 is 11.6 Å². The summed E-state index contributed by atoms with van der Waals surface area (Å²) in [4.78, 5) is 24.6. The molecule has 1 saturated heterocycles. The molecule has 1 fully saturated rings. The molecule has 1 heterocycles. The number of nitrogens with one attached hydrogen (secondary N) is 1. The summed E-state index contributed by atoms with van der Waals surface area (Å²) in [5.41, 5.74) is 11.3. The van der Waals surface area contributed by atoms with Gasteiger partial charge in [-0.15, -0.1) is 0 Å². The zero-order valence-electron chi connectivity index (χ0n) is 10.7. The summed E-state index contributed by atoms with van der Waals surface area (Å²) in [7, 11) is 0. The van der Waals surface area contributed by atoms with Crippen molar-refractivity contribution in [1.82, 2.24) is 5.32 Å². The second kappa shape index (κ2) is 5.16. The number of nitrogens with two attached hydrogens (primary N) is 2. The van der Waals surface area contributed by atoms with Crippen molar-refractivity contribution in [3.8, 4) is 0 Å². The molecule has 20 heavy (non-hydrogen) atoms. The molecule has 1 unspecified atom stereocenters. The maximum Gasteiger partial charge on any atom is 0.249 e. The predicted molar refractivity (Wildman–Crippen MR) is 74.8 cm³/mol. The van der Waals surface area contributed by atoms with Gasteiger partial charge in [0.25, 0.3) is 0 Å². The first kappa shape index (κ1) is 14.4. The van der Waals surface area contributed by atoms with Crippen LogP contribution in [-0.4, -0.2) is 24.4 Å². The molecule has 6 nitrogen and oxygen atoms in total. The van der Waals surface area contributed by atoms with Crippen molar-refractivity contribution < 1.29 is 14.0 Å². The summed E-state index contributed by atoms with van der Waals surface area (Å²) < 4.78 is 14.3. The Balaban J connectivity index is 2.56. The molecule has 1 aromatic carbocycles. The Morgan fingerprint density at radius 1 is 1.45 bits per heavy atom. The van der Waals surface area contributed by atoms with Crippen LogP contribution in [0.1, 0.15) is 13.3 Å². The third kappa shape index (κ3) is 2.24. The summed E-state index contributed by atoms with van der Waals surface area (Å²) in [6.45, 7) is 1.58. The third-order valence-electron chi connectivity index (χ3n) is 3.17. The number of nitrogens with zero attached hydrogens (tertiary/aromatic N) is 1. The van der Waals surface area contributed by atoms with Gasteiger partial charge in [-0.25, -0.2) is 4.39 Å². The lowest BCUT2D eigenvalue weighted by atomic mass is 10.1. The van der Waals surface area contributed by atoms with E-state index >= 15 is 0 Å². The molecule has 108 valence electrons. The standard InChI is InChI=1S/C12H14ClFN4O2/c1-2-7-12(20)17-8(19)4-18(7)11-6(16)3-5(15)9(13)10(11)14/h3,7H,2,4,15-16H2,1H3,(H,17,19,20). The zero-order chi connectivity index (χ0) is 15.0. The molecule has 1 atom stereocenters. The fourth-order valence-electron chi connectivity index (χ4n) is 2.26. The molecule has 5 N–H and O–H groups in total. The fourth-order valence-corrected chi connectivity index (χ4v) is 2.40. The van der Waals surface area contributed by atoms with E-state index in [-0.39, 0.29) is 28.6 Å². The molecular formula is C12H14ClFN4O2. The van der Waals surface area contributed by atoms with Crippen LogP contribution in [0.25, 0.3) is 0 Å². The number of halogens is 2. The van der Waals surface area contributed by atoms with Gasteiger partial charge in [0, 0.05) is 0 Å². The Morgan fingerprint density at radius 3 is 2.70 bits per heavy atom. The molecule has 0 saturated carbocycles. The monoisotopic (exact) mass is 300 g/mol. The van der Waals surface area contributed by atoms with E-state index in [1.165, 1.54) is 11.0 Å². The number of rotatable bonds is 2. The first-order valence-electron chi connectivity index (χ1n) is 6.00. The Morgan fingerprint density at radius 2 is 2.10 bits per heavy atom. The number of carbonyl (C=O) groups excluding carboxylic acids is 2.